The van der Waals surface area contributed by atoms with E-state index >= 15 is 0 Å². The van der Waals surface area contributed by atoms with E-state index in [9.17, 15) is 4.79 Å². The van der Waals surface area contributed by atoms with Crippen molar-refractivity contribution in [3.63, 3.8) is 0 Å². The molecule has 6 nitrogen and oxygen atoms in total. The van der Waals surface area contributed by atoms with Crippen molar-refractivity contribution < 1.29 is 4.79 Å². The summed E-state index contributed by atoms with van der Waals surface area (Å²) in [4.78, 5) is 12.5. The zero-order valence-corrected chi connectivity index (χ0v) is 18.9. The molecular weight excluding hydrogens is 418 g/mol. The normalized spacial score (nSPS) is 10.7. The Hall–Kier alpha value is -3.58. The zero-order valence-electron chi connectivity index (χ0n) is 18.1. The summed E-state index contributed by atoms with van der Waals surface area (Å²) in [5.74, 6) is 0.936. The van der Waals surface area contributed by atoms with Gasteiger partial charge in [0.15, 0.2) is 11.0 Å². The monoisotopic (exact) mass is 443 g/mol. The number of thioether (sulfide) groups is 1. The van der Waals surface area contributed by atoms with E-state index in [2.05, 4.69) is 39.9 Å². The van der Waals surface area contributed by atoms with Gasteiger partial charge in [-0.3, -0.25) is 9.36 Å². The maximum absolute atomic E-state index is 12.5. The van der Waals surface area contributed by atoms with Crippen LogP contribution in [0.25, 0.3) is 5.69 Å². The van der Waals surface area contributed by atoms with Gasteiger partial charge >= 0.3 is 0 Å². The van der Waals surface area contributed by atoms with Gasteiger partial charge in [-0.1, -0.05) is 59.8 Å². The van der Waals surface area contributed by atoms with Gasteiger partial charge < -0.3 is 10.6 Å². The Morgan fingerprint density at radius 1 is 0.875 bits per heavy atom. The molecule has 0 fully saturated rings. The van der Waals surface area contributed by atoms with Crippen LogP contribution < -0.4 is 10.6 Å². The number of aryl methyl sites for hydroxylation is 2. The Bertz CT molecular complexity index is 1190. The molecule has 3 aromatic carbocycles. The molecule has 0 unspecified atom stereocenters. The Labute approximate surface area is 192 Å². The van der Waals surface area contributed by atoms with Crippen molar-refractivity contribution in [3.8, 4) is 5.69 Å². The topological polar surface area (TPSA) is 71.8 Å². The summed E-state index contributed by atoms with van der Waals surface area (Å²) < 4.78 is 1.99. The van der Waals surface area contributed by atoms with Crippen LogP contribution in [0.4, 0.5) is 11.4 Å². The number of amides is 1. The minimum atomic E-state index is -0.0810. The maximum atomic E-state index is 12.5. The molecule has 0 radical (unpaired) electrons. The molecule has 0 aliphatic rings. The highest BCUT2D eigenvalue weighted by atomic mass is 32.2. The summed E-state index contributed by atoms with van der Waals surface area (Å²) >= 11 is 1.37. The van der Waals surface area contributed by atoms with E-state index in [0.29, 0.717) is 11.7 Å². The van der Waals surface area contributed by atoms with E-state index in [0.717, 1.165) is 28.5 Å². The summed E-state index contributed by atoms with van der Waals surface area (Å²) in [5.41, 5.74) is 5.09. The fourth-order valence-corrected chi connectivity index (χ4v) is 4.02. The smallest absolute Gasteiger partial charge is 0.234 e. The van der Waals surface area contributed by atoms with Crippen molar-refractivity contribution in [2.75, 3.05) is 16.4 Å². The predicted molar refractivity (Wildman–Crippen MR) is 130 cm³/mol. The molecule has 1 amide bonds. The number of hydrogen-bond acceptors (Lipinski definition) is 5. The largest absolute Gasteiger partial charge is 0.378 e. The number of benzene rings is 3. The molecule has 7 heteroatoms. The van der Waals surface area contributed by atoms with Crippen LogP contribution in [0.3, 0.4) is 0 Å². The van der Waals surface area contributed by atoms with E-state index in [1.807, 2.05) is 78.2 Å². The first-order valence-corrected chi connectivity index (χ1v) is 11.4. The Morgan fingerprint density at radius 3 is 2.41 bits per heavy atom. The molecule has 0 atom stereocenters. The van der Waals surface area contributed by atoms with Crippen LogP contribution in [0.15, 0.2) is 84.0 Å². The number of carbonyl (C=O) groups is 1. The molecule has 0 saturated heterocycles. The second-order valence-electron chi connectivity index (χ2n) is 7.50. The van der Waals surface area contributed by atoms with Crippen molar-refractivity contribution in [1.82, 2.24) is 14.8 Å². The second-order valence-corrected chi connectivity index (χ2v) is 8.44. The van der Waals surface area contributed by atoms with Gasteiger partial charge in [-0.05, 0) is 55.8 Å². The molecule has 1 heterocycles. The van der Waals surface area contributed by atoms with E-state index in [1.165, 1.54) is 17.3 Å². The fourth-order valence-electron chi connectivity index (χ4n) is 3.25. The lowest BCUT2D eigenvalue weighted by atomic mass is 10.2. The van der Waals surface area contributed by atoms with Crippen LogP contribution in [0, 0.1) is 13.8 Å². The molecule has 0 bridgehead atoms. The highest BCUT2D eigenvalue weighted by Crippen LogP contribution is 2.23. The molecule has 4 rings (SSSR count). The first kappa shape index (κ1) is 21.6. The number of rotatable bonds is 8. The molecule has 4 aromatic rings. The molecule has 0 aliphatic heterocycles. The SMILES string of the molecule is Cc1ccc(NCc2nnc(SCC(=O)Nc3cccc(C)c3)n2-c2ccccc2)cc1. The number of aromatic nitrogens is 3. The quantitative estimate of drug-likeness (QED) is 0.365. The third-order valence-electron chi connectivity index (χ3n) is 4.85. The number of para-hydroxylation sites is 1. The second kappa shape index (κ2) is 10.2. The van der Waals surface area contributed by atoms with Gasteiger partial charge in [0.1, 0.15) is 0 Å². The number of nitrogens with zero attached hydrogens (tertiary/aromatic N) is 3. The average molecular weight is 444 g/mol. The third-order valence-corrected chi connectivity index (χ3v) is 5.78. The van der Waals surface area contributed by atoms with Crippen molar-refractivity contribution in [3.05, 3.63) is 95.8 Å². The van der Waals surface area contributed by atoms with Gasteiger partial charge in [-0.2, -0.15) is 0 Å². The van der Waals surface area contributed by atoms with Crippen LogP contribution >= 0.6 is 11.8 Å². The van der Waals surface area contributed by atoms with Crippen LogP contribution in [-0.2, 0) is 11.3 Å². The first-order valence-electron chi connectivity index (χ1n) is 10.4. The van der Waals surface area contributed by atoms with E-state index in [-0.39, 0.29) is 11.7 Å². The summed E-state index contributed by atoms with van der Waals surface area (Å²) in [7, 11) is 0. The molecule has 0 spiro atoms. The fraction of sp³-hybridized carbons (Fsp3) is 0.160. The summed E-state index contributed by atoms with van der Waals surface area (Å²) in [6.07, 6.45) is 0. The van der Waals surface area contributed by atoms with Crippen LogP contribution in [0.5, 0.6) is 0 Å². The lowest BCUT2D eigenvalue weighted by molar-refractivity contribution is -0.113. The first-order chi connectivity index (χ1) is 15.6. The van der Waals surface area contributed by atoms with Crippen LogP contribution in [0.2, 0.25) is 0 Å². The highest BCUT2D eigenvalue weighted by Gasteiger charge is 2.16. The van der Waals surface area contributed by atoms with Gasteiger partial charge in [0.25, 0.3) is 0 Å². The van der Waals surface area contributed by atoms with E-state index in [4.69, 9.17) is 0 Å². The number of carbonyl (C=O) groups excluding carboxylic acids is 1. The molecule has 0 aliphatic carbocycles. The van der Waals surface area contributed by atoms with Gasteiger partial charge in [-0.15, -0.1) is 10.2 Å². The molecule has 32 heavy (non-hydrogen) atoms. The Morgan fingerprint density at radius 2 is 1.66 bits per heavy atom. The summed E-state index contributed by atoms with van der Waals surface area (Å²) in [5, 5.41) is 15.8. The number of hydrogen-bond donors (Lipinski definition) is 2. The van der Waals surface area contributed by atoms with Crippen LogP contribution in [-0.4, -0.2) is 26.4 Å². The van der Waals surface area contributed by atoms with E-state index < -0.39 is 0 Å². The standard InChI is InChI=1S/C25H25N5OS/c1-18-11-13-20(14-12-18)26-16-23-28-29-25(30(23)22-9-4-3-5-10-22)32-17-24(31)27-21-8-6-7-19(2)15-21/h3-15,26H,16-17H2,1-2H3,(H,27,31). The Kier molecular flexibility index (Phi) is 6.87. The third kappa shape index (κ3) is 5.56. The minimum absolute atomic E-state index is 0.0810. The van der Waals surface area contributed by atoms with E-state index in [1.54, 1.807) is 0 Å². The zero-order chi connectivity index (χ0) is 22.3. The lowest BCUT2D eigenvalue weighted by Crippen LogP contribution is -2.15. The number of anilines is 2. The summed E-state index contributed by atoms with van der Waals surface area (Å²) in [6, 6.07) is 25.9. The summed E-state index contributed by atoms with van der Waals surface area (Å²) in [6.45, 7) is 4.58. The van der Waals surface area contributed by atoms with Crippen molar-refractivity contribution in [1.29, 1.82) is 0 Å². The van der Waals surface area contributed by atoms with Crippen molar-refractivity contribution in [2.45, 2.75) is 25.5 Å². The van der Waals surface area contributed by atoms with Crippen molar-refractivity contribution in [2.24, 2.45) is 0 Å². The minimum Gasteiger partial charge on any atom is -0.378 e. The van der Waals surface area contributed by atoms with Gasteiger partial charge in [0.05, 0.1) is 12.3 Å². The van der Waals surface area contributed by atoms with Gasteiger partial charge in [-0.25, -0.2) is 0 Å². The highest BCUT2D eigenvalue weighted by molar-refractivity contribution is 7.99. The molecule has 162 valence electrons. The van der Waals surface area contributed by atoms with Crippen molar-refractivity contribution >= 4 is 29.0 Å². The maximum Gasteiger partial charge on any atom is 0.234 e. The van der Waals surface area contributed by atoms with Gasteiger partial charge in [0, 0.05) is 17.1 Å². The average Bonchev–Trinajstić information content (AvgIpc) is 3.21. The molecule has 0 saturated carbocycles. The molecule has 1 aromatic heterocycles. The predicted octanol–water partition coefficient (Wildman–Crippen LogP) is 5.23. The Balaban J connectivity index is 1.48. The lowest BCUT2D eigenvalue weighted by Gasteiger charge is -2.12. The van der Waals surface area contributed by atoms with Gasteiger partial charge in [0.2, 0.25) is 5.91 Å². The molecular formula is C25H25N5OS. The van der Waals surface area contributed by atoms with Crippen LogP contribution in [0.1, 0.15) is 17.0 Å². The molecule has 2 N–H and O–H groups in total. The number of nitrogens with one attached hydrogen (secondary N) is 2.